The van der Waals surface area contributed by atoms with Crippen molar-refractivity contribution in [1.82, 2.24) is 15.2 Å². The molecular weight excluding hydrogens is 452 g/mol. The molecule has 0 bridgehead atoms. The van der Waals surface area contributed by atoms with Crippen LogP contribution in [0.5, 0.6) is 0 Å². The number of allylic oxidation sites excluding steroid dienone is 3. The Morgan fingerprint density at radius 3 is 2.59 bits per heavy atom. The van der Waals surface area contributed by atoms with E-state index in [0.29, 0.717) is 32.6 Å². The molecule has 0 saturated carbocycles. The number of pyridine rings is 1. The summed E-state index contributed by atoms with van der Waals surface area (Å²) in [5.41, 5.74) is 2.82. The quantitative estimate of drug-likeness (QED) is 0.453. The molecule has 0 atom stereocenters. The number of benzene rings is 1. The smallest absolute Gasteiger partial charge is 0.289 e. The molecule has 0 spiro atoms. The van der Waals surface area contributed by atoms with E-state index in [1.165, 1.54) is 6.08 Å². The Labute approximate surface area is 203 Å². The normalized spacial score (nSPS) is 14.5. The number of amides is 3. The molecule has 1 aromatic heterocycles. The number of nitrogens with one attached hydrogen (secondary N) is 1. The van der Waals surface area contributed by atoms with Gasteiger partial charge in [0, 0.05) is 56.3 Å². The number of nitrogens with zero attached hydrogens (tertiary/aromatic N) is 3. The van der Waals surface area contributed by atoms with Gasteiger partial charge in [0.05, 0.1) is 5.52 Å². The molecule has 2 heterocycles. The number of imide groups is 1. The van der Waals surface area contributed by atoms with Gasteiger partial charge in [-0.15, -0.1) is 0 Å². The zero-order chi connectivity index (χ0) is 24.5. The Morgan fingerprint density at radius 1 is 1.12 bits per heavy atom. The topological polar surface area (TPSA) is 99.7 Å². The van der Waals surface area contributed by atoms with Gasteiger partial charge in [-0.1, -0.05) is 12.1 Å². The minimum atomic E-state index is -0.425. The summed E-state index contributed by atoms with van der Waals surface area (Å²) in [6.45, 7) is 6.17. The number of fused-ring (bicyclic) bond motifs is 1. The van der Waals surface area contributed by atoms with Gasteiger partial charge < -0.3 is 9.80 Å². The molecule has 1 N–H and O–H groups in total. The molecule has 1 aromatic carbocycles. The second-order valence-corrected chi connectivity index (χ2v) is 9.07. The Kier molecular flexibility index (Phi) is 8.98. The molecule has 3 amide bonds. The number of anilines is 1. The third-order valence-corrected chi connectivity index (χ3v) is 6.20. The maximum Gasteiger partial charge on any atom is 0.289 e. The summed E-state index contributed by atoms with van der Waals surface area (Å²) in [5.74, 6) is -0.0169. The standard InChI is InChI=1S/C25H28N4O4S/c1-3-4-20(31)6-8-24(32)29-13-11-28(12-14-29)23-9-10-26-22-7-5-19(16-21(22)23)15-18(2)34-25(33)27-17-30/h3-5,7,9-10,15-17H,6,8,11-14H2,1-2H3,(H,27,30,33)/b4-3+,18-15-. The van der Waals surface area contributed by atoms with Crippen molar-refractivity contribution >= 4 is 57.8 Å². The van der Waals surface area contributed by atoms with Crippen LogP contribution in [0, 0.1) is 0 Å². The third-order valence-electron chi connectivity index (χ3n) is 5.45. The van der Waals surface area contributed by atoms with Crippen molar-refractivity contribution in [2.75, 3.05) is 31.1 Å². The Morgan fingerprint density at radius 2 is 1.88 bits per heavy atom. The summed E-state index contributed by atoms with van der Waals surface area (Å²) in [6, 6.07) is 7.88. The number of aromatic nitrogens is 1. The zero-order valence-electron chi connectivity index (χ0n) is 19.3. The van der Waals surface area contributed by atoms with E-state index in [0.717, 1.165) is 38.8 Å². The fourth-order valence-electron chi connectivity index (χ4n) is 3.86. The maximum atomic E-state index is 12.5. The molecule has 1 aliphatic heterocycles. The van der Waals surface area contributed by atoms with Crippen LogP contribution < -0.4 is 10.2 Å². The maximum absolute atomic E-state index is 12.5. The Balaban J connectivity index is 1.70. The molecule has 0 unspecified atom stereocenters. The second-order valence-electron chi connectivity index (χ2n) is 7.85. The lowest BCUT2D eigenvalue weighted by Gasteiger charge is -2.36. The van der Waals surface area contributed by atoms with Crippen molar-refractivity contribution < 1.29 is 19.2 Å². The number of carbonyl (C=O) groups excluding carboxylic acids is 4. The third kappa shape index (κ3) is 6.77. The molecule has 2 aromatic rings. The van der Waals surface area contributed by atoms with Crippen molar-refractivity contribution in [2.45, 2.75) is 26.7 Å². The van der Waals surface area contributed by atoms with E-state index in [1.54, 1.807) is 19.2 Å². The molecule has 0 radical (unpaired) electrons. The highest BCUT2D eigenvalue weighted by Crippen LogP contribution is 2.29. The largest absolute Gasteiger partial charge is 0.367 e. The lowest BCUT2D eigenvalue weighted by atomic mass is 10.1. The molecule has 9 heteroatoms. The predicted octanol–water partition coefficient (Wildman–Crippen LogP) is 3.77. The van der Waals surface area contributed by atoms with Crippen molar-refractivity contribution in [3.63, 3.8) is 0 Å². The Hall–Kier alpha value is -3.46. The fraction of sp³-hybridized carbons (Fsp3) is 0.320. The van der Waals surface area contributed by atoms with Crippen molar-refractivity contribution in [1.29, 1.82) is 0 Å². The van der Waals surface area contributed by atoms with Crippen LogP contribution in [0.3, 0.4) is 0 Å². The minimum Gasteiger partial charge on any atom is -0.367 e. The van der Waals surface area contributed by atoms with E-state index in [9.17, 15) is 19.2 Å². The van der Waals surface area contributed by atoms with Gasteiger partial charge in [-0.3, -0.25) is 29.5 Å². The van der Waals surface area contributed by atoms with E-state index in [1.807, 2.05) is 42.2 Å². The average Bonchev–Trinajstić information content (AvgIpc) is 2.82. The van der Waals surface area contributed by atoms with E-state index in [2.05, 4.69) is 15.2 Å². The van der Waals surface area contributed by atoms with Gasteiger partial charge in [0.15, 0.2) is 5.78 Å². The van der Waals surface area contributed by atoms with Gasteiger partial charge in [-0.05, 0) is 66.4 Å². The van der Waals surface area contributed by atoms with Gasteiger partial charge in [-0.25, -0.2) is 0 Å². The van der Waals surface area contributed by atoms with E-state index in [-0.39, 0.29) is 24.5 Å². The summed E-state index contributed by atoms with van der Waals surface area (Å²) in [6.07, 6.45) is 7.70. The van der Waals surface area contributed by atoms with Crippen LogP contribution in [-0.4, -0.2) is 59.4 Å². The first-order valence-electron chi connectivity index (χ1n) is 11.1. The van der Waals surface area contributed by atoms with Crippen molar-refractivity contribution in [3.8, 4) is 0 Å². The number of ketones is 1. The van der Waals surface area contributed by atoms with Crippen LogP contribution in [0.4, 0.5) is 10.5 Å². The molecule has 1 fully saturated rings. The Bertz CT molecular complexity index is 1140. The molecule has 34 heavy (non-hydrogen) atoms. The van der Waals surface area contributed by atoms with Gasteiger partial charge in [-0.2, -0.15) is 0 Å². The summed E-state index contributed by atoms with van der Waals surface area (Å²) < 4.78 is 0. The lowest BCUT2D eigenvalue weighted by Crippen LogP contribution is -2.48. The highest BCUT2D eigenvalue weighted by Gasteiger charge is 2.22. The first-order chi connectivity index (χ1) is 16.4. The van der Waals surface area contributed by atoms with Crippen LogP contribution in [-0.2, 0) is 14.4 Å². The first-order valence-corrected chi connectivity index (χ1v) is 11.9. The number of thioether (sulfide) groups is 1. The van der Waals surface area contributed by atoms with Crippen LogP contribution >= 0.6 is 11.8 Å². The number of hydrogen-bond acceptors (Lipinski definition) is 7. The monoisotopic (exact) mass is 480 g/mol. The van der Waals surface area contributed by atoms with E-state index >= 15 is 0 Å². The molecular formula is C25H28N4O4S. The van der Waals surface area contributed by atoms with Crippen molar-refractivity contribution in [2.24, 2.45) is 0 Å². The van der Waals surface area contributed by atoms with Gasteiger partial charge in [0.1, 0.15) is 0 Å². The van der Waals surface area contributed by atoms with Gasteiger partial charge >= 0.3 is 0 Å². The zero-order valence-corrected chi connectivity index (χ0v) is 20.1. The summed E-state index contributed by atoms with van der Waals surface area (Å²) in [4.78, 5) is 55.5. The number of rotatable bonds is 8. The van der Waals surface area contributed by atoms with Crippen LogP contribution in [0.15, 0.2) is 47.5 Å². The number of carbonyl (C=O) groups is 4. The molecule has 1 saturated heterocycles. The predicted molar refractivity (Wildman–Crippen MR) is 135 cm³/mol. The molecule has 8 nitrogen and oxygen atoms in total. The number of piperazine rings is 1. The summed E-state index contributed by atoms with van der Waals surface area (Å²) in [7, 11) is 0. The van der Waals surface area contributed by atoms with Crippen molar-refractivity contribution in [3.05, 3.63) is 53.1 Å². The SMILES string of the molecule is C/C=C/C(=O)CCC(=O)N1CCN(c2ccnc3ccc(/C=C(/C)SC(=O)NC=O)cc23)CC1. The number of hydrogen-bond donors (Lipinski definition) is 1. The highest BCUT2D eigenvalue weighted by molar-refractivity contribution is 8.17. The fourth-order valence-corrected chi connectivity index (χ4v) is 4.45. The van der Waals surface area contributed by atoms with E-state index in [4.69, 9.17) is 0 Å². The summed E-state index contributed by atoms with van der Waals surface area (Å²) in [5, 5.41) is 2.68. The highest BCUT2D eigenvalue weighted by atomic mass is 32.2. The van der Waals surface area contributed by atoms with Gasteiger partial charge in [0.2, 0.25) is 12.3 Å². The van der Waals surface area contributed by atoms with Crippen LogP contribution in [0.2, 0.25) is 0 Å². The molecule has 178 valence electrons. The van der Waals surface area contributed by atoms with Crippen LogP contribution in [0.25, 0.3) is 17.0 Å². The average molecular weight is 481 g/mol. The molecule has 0 aliphatic carbocycles. The molecule has 3 rings (SSSR count). The lowest BCUT2D eigenvalue weighted by molar-refractivity contribution is -0.132. The minimum absolute atomic E-state index is 0.0103. The first kappa shape index (κ1) is 25.2. The van der Waals surface area contributed by atoms with Gasteiger partial charge in [0.25, 0.3) is 5.24 Å². The summed E-state index contributed by atoms with van der Waals surface area (Å²) >= 11 is 0.959. The van der Waals surface area contributed by atoms with Crippen LogP contribution in [0.1, 0.15) is 32.3 Å². The molecule has 1 aliphatic rings. The van der Waals surface area contributed by atoms with E-state index < -0.39 is 5.24 Å². The second kappa shape index (κ2) is 12.1.